The van der Waals surface area contributed by atoms with Gasteiger partial charge in [0.1, 0.15) is 0 Å². The van der Waals surface area contributed by atoms with Gasteiger partial charge in [-0.2, -0.15) is 0 Å². The average Bonchev–Trinajstić information content (AvgIpc) is 4.15. The van der Waals surface area contributed by atoms with Crippen LogP contribution in [-0.4, -0.2) is 6.04 Å². The van der Waals surface area contributed by atoms with E-state index in [9.17, 15) is 0 Å². The summed E-state index contributed by atoms with van der Waals surface area (Å²) in [6.45, 7) is 2.37. The van der Waals surface area contributed by atoms with Crippen LogP contribution in [0.2, 0.25) is 0 Å². The normalized spacial score (nSPS) is 23.8. The van der Waals surface area contributed by atoms with Gasteiger partial charge in [-0.25, -0.2) is 0 Å². The summed E-state index contributed by atoms with van der Waals surface area (Å²) in [4.78, 5) is 3.03. The summed E-state index contributed by atoms with van der Waals surface area (Å²) < 4.78 is 0. The highest BCUT2D eigenvalue weighted by Crippen LogP contribution is 2.80. The molecule has 19 rings (SSSR count). The molecule has 14 aromatic carbocycles. The van der Waals surface area contributed by atoms with Gasteiger partial charge in [0.05, 0.1) is 16.9 Å². The fourth-order valence-electron chi connectivity index (χ4n) is 17.2. The van der Waals surface area contributed by atoms with Crippen molar-refractivity contribution in [1.29, 1.82) is 0 Å². The van der Waals surface area contributed by atoms with Gasteiger partial charge in [0.25, 0.3) is 0 Å². The maximum Gasteiger partial charge on any atom is 0.0696 e. The summed E-state index contributed by atoms with van der Waals surface area (Å²) in [5.41, 5.74) is 8.69. The Labute approximate surface area is 349 Å². The smallest absolute Gasteiger partial charge is 0.0696 e. The molecule has 61 heavy (non-hydrogen) atoms. The second kappa shape index (κ2) is 8.72. The minimum Gasteiger partial charge on any atom is -0.359 e. The first-order valence-corrected chi connectivity index (χ1v) is 23.1. The van der Waals surface area contributed by atoms with Crippen LogP contribution in [0.3, 0.4) is 0 Å². The Morgan fingerprint density at radius 3 is 1.39 bits per heavy atom. The highest BCUT2D eigenvalue weighted by Gasteiger charge is 2.77. The van der Waals surface area contributed by atoms with Gasteiger partial charge in [-0.3, -0.25) is 0 Å². The highest BCUT2D eigenvalue weighted by atomic mass is 15.3. The van der Waals surface area contributed by atoms with Crippen LogP contribution >= 0.6 is 0 Å². The lowest BCUT2D eigenvalue weighted by Crippen LogP contribution is -2.55. The van der Waals surface area contributed by atoms with Crippen molar-refractivity contribution in [3.05, 3.63) is 148 Å². The Hall–Kier alpha value is -6.70. The van der Waals surface area contributed by atoms with Crippen LogP contribution in [0.5, 0.6) is 0 Å². The third kappa shape index (κ3) is 2.41. The predicted molar refractivity (Wildman–Crippen MR) is 258 cm³/mol. The molecule has 0 amide bonds. The molecule has 0 aromatic heterocycles. The SMILES string of the molecule is CCCCCCC1N(c2ccccc2)C(c2ccccc2)C23C4=c5ccc6c7ccc8c9ccc%10c%11ccc%12c%13c(c%14c%15c2c5c6c2c7c8c5c9c%10c(c%13%11)c%14c5c%152)C13C=%12C=C4. The highest BCUT2D eigenvalue weighted by molar-refractivity contribution is 6.64. The molecule has 1 nitrogen and oxygen atoms in total. The average molecular weight is 770 g/mol. The molecule has 0 radical (unpaired) electrons. The van der Waals surface area contributed by atoms with Crippen molar-refractivity contribution in [2.45, 2.75) is 61.9 Å². The van der Waals surface area contributed by atoms with Crippen LogP contribution in [0.1, 0.15) is 61.8 Å². The first-order chi connectivity index (χ1) is 30.3. The number of hydrogen-bond acceptors (Lipinski definition) is 1. The largest absolute Gasteiger partial charge is 0.359 e. The van der Waals surface area contributed by atoms with E-state index in [-0.39, 0.29) is 22.9 Å². The van der Waals surface area contributed by atoms with E-state index >= 15 is 0 Å². The van der Waals surface area contributed by atoms with Gasteiger partial charge >= 0.3 is 0 Å². The summed E-state index contributed by atoms with van der Waals surface area (Å²) in [6, 6.07) is 44.2. The zero-order valence-corrected chi connectivity index (χ0v) is 33.7. The van der Waals surface area contributed by atoms with E-state index in [4.69, 9.17) is 0 Å². The lowest BCUT2D eigenvalue weighted by Gasteiger charge is -2.53. The number of nitrogens with zero attached hydrogens (tertiary/aromatic N) is 1. The van der Waals surface area contributed by atoms with E-state index in [1.807, 2.05) is 0 Å². The Balaban J connectivity index is 1.19. The Morgan fingerprint density at radius 1 is 0.410 bits per heavy atom. The zero-order valence-electron chi connectivity index (χ0n) is 33.7. The standard InChI is InChI=1S/C60H35N/c1-2-3-4-11-16-39-59-37-25-26-38-36-24-22-34-32-20-18-30-29-17-19-31-33-21-23-35(37)46-44(33)49-42(31)40(29)48-41(30)43(32)50-45(34)47(36)57(55-53(50)51(48)52(49)54(55)56(46)59)60(38,59)58(27-12-7-5-8-13-27)61(39)28-14-9-6-10-15-28/h5-10,12-15,17-26,39,58H,2-4,11,16H2,1H3. The topological polar surface area (TPSA) is 3.24 Å². The van der Waals surface area contributed by atoms with E-state index in [2.05, 4.69) is 133 Å². The monoisotopic (exact) mass is 769 g/mol. The first kappa shape index (κ1) is 29.5. The van der Waals surface area contributed by atoms with Crippen LogP contribution in [0.4, 0.5) is 5.69 Å². The molecule has 1 heteroatoms. The lowest BCUT2D eigenvalue weighted by atomic mass is 9.45. The van der Waals surface area contributed by atoms with Crippen molar-refractivity contribution < 1.29 is 0 Å². The third-order valence-corrected chi connectivity index (χ3v) is 18.5. The minimum absolute atomic E-state index is 0.0936. The fourth-order valence-corrected chi connectivity index (χ4v) is 17.2. The van der Waals surface area contributed by atoms with E-state index in [0.717, 1.165) is 6.42 Å². The molecule has 0 bridgehead atoms. The number of benzene rings is 10. The summed E-state index contributed by atoms with van der Waals surface area (Å²) >= 11 is 0. The molecule has 1 aliphatic heterocycles. The molecule has 4 unspecified atom stereocenters. The maximum atomic E-state index is 3.03. The molecule has 5 aliphatic rings. The van der Waals surface area contributed by atoms with E-state index < -0.39 is 0 Å². The van der Waals surface area contributed by atoms with Gasteiger partial charge in [0.2, 0.25) is 0 Å². The Kier molecular flexibility index (Phi) is 4.22. The zero-order chi connectivity index (χ0) is 38.7. The number of allylic oxidation sites excluding steroid dienone is 2. The Bertz CT molecular complexity index is 4480. The van der Waals surface area contributed by atoms with Crippen LogP contribution in [-0.2, 0) is 10.8 Å². The number of hydrogen-bond donors (Lipinski definition) is 0. The van der Waals surface area contributed by atoms with Crippen LogP contribution < -0.4 is 15.3 Å². The van der Waals surface area contributed by atoms with Crippen LogP contribution in [0, 0.1) is 0 Å². The maximum absolute atomic E-state index is 3.03. The molecule has 1 heterocycles. The molecule has 280 valence electrons. The first-order valence-electron chi connectivity index (χ1n) is 23.1. The number of unbranched alkanes of at least 4 members (excludes halogenated alkanes) is 3. The van der Waals surface area contributed by atoms with Crippen molar-refractivity contribution in [3.8, 4) is 0 Å². The van der Waals surface area contributed by atoms with Crippen molar-refractivity contribution in [1.82, 2.24) is 0 Å². The Morgan fingerprint density at radius 2 is 0.852 bits per heavy atom. The van der Waals surface area contributed by atoms with Crippen LogP contribution in [0.15, 0.2) is 121 Å². The molecular formula is C60H35N. The molecule has 0 saturated carbocycles. The minimum atomic E-state index is -0.342. The molecular weight excluding hydrogens is 735 g/mol. The second-order valence-electron chi connectivity index (χ2n) is 20.1. The van der Waals surface area contributed by atoms with E-state index in [1.54, 1.807) is 86.9 Å². The summed E-state index contributed by atoms with van der Waals surface area (Å²) in [6.07, 6.45) is 11.5. The van der Waals surface area contributed by atoms with Crippen molar-refractivity contribution in [2.75, 3.05) is 4.90 Å². The molecule has 14 aromatic rings. The fraction of sp³-hybridized carbons (Fsp3) is 0.167. The van der Waals surface area contributed by atoms with Gasteiger partial charge in [0, 0.05) is 11.7 Å². The molecule has 2 spiro atoms. The van der Waals surface area contributed by atoms with Crippen molar-refractivity contribution >= 4 is 135 Å². The van der Waals surface area contributed by atoms with Gasteiger partial charge in [-0.15, -0.1) is 0 Å². The molecule has 0 N–H and O–H groups in total. The molecule has 1 fully saturated rings. The quantitative estimate of drug-likeness (QED) is 0.115. The summed E-state index contributed by atoms with van der Waals surface area (Å²) in [5.74, 6) is 0. The van der Waals surface area contributed by atoms with Crippen molar-refractivity contribution in [2.24, 2.45) is 0 Å². The second-order valence-corrected chi connectivity index (χ2v) is 20.1. The predicted octanol–water partition coefficient (Wildman–Crippen LogP) is 13.9. The van der Waals surface area contributed by atoms with Gasteiger partial charge in [-0.1, -0.05) is 142 Å². The number of anilines is 1. The van der Waals surface area contributed by atoms with Gasteiger partial charge in [-0.05, 0) is 175 Å². The van der Waals surface area contributed by atoms with Gasteiger partial charge in [0.15, 0.2) is 0 Å². The number of para-hydroxylation sites is 1. The van der Waals surface area contributed by atoms with E-state index in [0.29, 0.717) is 0 Å². The third-order valence-electron chi connectivity index (χ3n) is 18.5. The number of rotatable bonds is 7. The molecule has 1 saturated heterocycles. The van der Waals surface area contributed by atoms with Crippen LogP contribution in [0.25, 0.3) is 130 Å². The number of fused-ring (bicyclic) bond motifs is 3. The lowest BCUT2D eigenvalue weighted by molar-refractivity contribution is 0.356. The summed E-state index contributed by atoms with van der Waals surface area (Å²) in [5, 5.41) is 36.8. The molecule has 4 aliphatic carbocycles. The van der Waals surface area contributed by atoms with E-state index in [1.165, 1.54) is 101 Å². The summed E-state index contributed by atoms with van der Waals surface area (Å²) in [7, 11) is 0. The van der Waals surface area contributed by atoms with Gasteiger partial charge < -0.3 is 4.90 Å². The molecule has 4 atom stereocenters. The van der Waals surface area contributed by atoms with Crippen molar-refractivity contribution in [3.63, 3.8) is 0 Å².